The summed E-state index contributed by atoms with van der Waals surface area (Å²) in [4.78, 5) is 13.7. The topological polar surface area (TPSA) is 253 Å². The summed E-state index contributed by atoms with van der Waals surface area (Å²) in [6.45, 7) is -2.18. The van der Waals surface area contributed by atoms with E-state index in [0.29, 0.717) is 55.6 Å². The Labute approximate surface area is 430 Å². The van der Waals surface area contributed by atoms with Crippen molar-refractivity contribution in [2.75, 3.05) is 0 Å². The van der Waals surface area contributed by atoms with Gasteiger partial charge in [0, 0.05) is 6.92 Å². The zero-order chi connectivity index (χ0) is 51.8. The summed E-state index contributed by atoms with van der Waals surface area (Å²) >= 11 is 0. The molecular weight excluding hydrogens is 1080 g/mol. The molecular formula is C48H50NO21P5. The molecule has 0 aromatic heterocycles. The van der Waals surface area contributed by atoms with Crippen molar-refractivity contribution in [1.29, 1.82) is 0 Å². The third-order valence-corrected chi connectivity index (χ3v) is 20.0. The van der Waals surface area contributed by atoms with Crippen molar-refractivity contribution in [3.63, 3.8) is 0 Å². The molecule has 22 nitrogen and oxygen atoms in total. The Hall–Kier alpha value is -3.88. The summed E-state index contributed by atoms with van der Waals surface area (Å²) in [6, 6.07) is 32.7. The van der Waals surface area contributed by atoms with Crippen LogP contribution in [0.1, 0.15) is 62.6 Å². The number of phosphoric ester groups is 5. The van der Waals surface area contributed by atoms with E-state index in [-0.39, 0.29) is 66.1 Å². The lowest BCUT2D eigenvalue weighted by Crippen LogP contribution is -2.70. The number of hydrogen-bond acceptors (Lipinski definition) is 21. The van der Waals surface area contributed by atoms with Gasteiger partial charge in [-0.25, -0.2) is 22.8 Å². The number of nitrogens with one attached hydrogen (secondary N) is 1. The smallest absolute Gasteiger partial charge is 0.348 e. The summed E-state index contributed by atoms with van der Waals surface area (Å²) in [5.74, 6) is -0.824. The second-order valence-corrected chi connectivity index (χ2v) is 26.0. The van der Waals surface area contributed by atoms with Crippen LogP contribution in [0.4, 0.5) is 0 Å². The highest BCUT2D eigenvalue weighted by Gasteiger charge is 2.64. The summed E-state index contributed by atoms with van der Waals surface area (Å²) < 4.78 is 168. The first-order chi connectivity index (χ1) is 36.1. The Bertz CT molecular complexity index is 2880. The van der Waals surface area contributed by atoms with Crippen LogP contribution in [0, 0.1) is 0 Å². The maximum absolute atomic E-state index is 15.4. The zero-order valence-corrected chi connectivity index (χ0v) is 44.4. The van der Waals surface area contributed by atoms with Crippen LogP contribution in [-0.2, 0) is 162 Å². The molecule has 0 saturated heterocycles. The van der Waals surface area contributed by atoms with Crippen molar-refractivity contribution in [1.82, 2.24) is 5.32 Å². The van der Waals surface area contributed by atoms with Crippen molar-refractivity contribution in [2.45, 2.75) is 110 Å². The van der Waals surface area contributed by atoms with E-state index in [4.69, 9.17) is 67.9 Å². The third-order valence-electron chi connectivity index (χ3n) is 13.0. The summed E-state index contributed by atoms with van der Waals surface area (Å²) in [5, 5.41) is 2.69. The first kappa shape index (κ1) is 53.1. The molecule has 6 aliphatic rings. The van der Waals surface area contributed by atoms with Crippen molar-refractivity contribution >= 4 is 45.0 Å². The monoisotopic (exact) mass is 1130 g/mol. The lowest BCUT2D eigenvalue weighted by molar-refractivity contribution is -0.181. The van der Waals surface area contributed by atoms with Crippen LogP contribution in [0.25, 0.3) is 0 Å². The number of phosphoric acid groups is 5. The summed E-state index contributed by atoms with van der Waals surface area (Å²) in [7, 11) is -24.9. The van der Waals surface area contributed by atoms with E-state index in [2.05, 4.69) is 5.32 Å². The van der Waals surface area contributed by atoms with Gasteiger partial charge in [0.15, 0.2) is 0 Å². The molecule has 1 aliphatic carbocycles. The van der Waals surface area contributed by atoms with E-state index < -0.39 is 81.6 Å². The average molecular weight is 1130 g/mol. The molecule has 0 bridgehead atoms. The highest BCUT2D eigenvalue weighted by molar-refractivity contribution is 7.49. The van der Waals surface area contributed by atoms with Crippen LogP contribution in [-0.4, -0.2) is 42.5 Å². The molecule has 1 amide bonds. The van der Waals surface area contributed by atoms with Gasteiger partial charge in [0.2, 0.25) is 5.91 Å². The molecule has 1 saturated carbocycles. The summed E-state index contributed by atoms with van der Waals surface area (Å²) in [6.07, 6.45) is -10.9. The van der Waals surface area contributed by atoms with E-state index in [0.717, 1.165) is 6.92 Å². The number of carbonyl (C=O) groups excluding carboxylic acids is 1. The zero-order valence-electron chi connectivity index (χ0n) is 39.9. The SMILES string of the molecule is CC(=O)NC1[C@@H](OP2(=O)OCc3ccccc3CO2)[C@H](OP2(=O)OCc3ccccc3CO2)C(OP2(=O)OCc3ccccc3CO2)[C@@H](OP2(=O)OCc3ccccc3CO2)[C@H]1OP1(=O)OCc2ccccc2CO1. The molecule has 75 heavy (non-hydrogen) atoms. The first-order valence-corrected chi connectivity index (χ1v) is 30.9. The van der Waals surface area contributed by atoms with Crippen LogP contribution >= 0.6 is 39.1 Å². The van der Waals surface area contributed by atoms with Gasteiger partial charge >= 0.3 is 39.1 Å². The first-order valence-electron chi connectivity index (χ1n) is 23.6. The van der Waals surface area contributed by atoms with Gasteiger partial charge in [-0.2, -0.15) is 0 Å². The maximum atomic E-state index is 15.4. The van der Waals surface area contributed by atoms with Crippen molar-refractivity contribution < 1.29 is 95.5 Å². The molecule has 5 aromatic rings. The highest BCUT2D eigenvalue weighted by Crippen LogP contribution is 2.65. The van der Waals surface area contributed by atoms with Gasteiger partial charge < -0.3 is 5.32 Å². The minimum Gasteiger partial charge on any atom is -0.348 e. The second kappa shape index (κ2) is 22.1. The fraction of sp³-hybridized carbons (Fsp3) is 0.354. The molecule has 0 radical (unpaired) electrons. The quantitative estimate of drug-likeness (QED) is 0.121. The molecule has 27 heteroatoms. The maximum Gasteiger partial charge on any atom is 0.475 e. The van der Waals surface area contributed by atoms with E-state index in [9.17, 15) is 4.79 Å². The van der Waals surface area contributed by atoms with E-state index in [1.807, 2.05) is 0 Å². The Morgan fingerprint density at radius 3 is 0.667 bits per heavy atom. The molecule has 0 spiro atoms. The molecule has 398 valence electrons. The third kappa shape index (κ3) is 12.1. The van der Waals surface area contributed by atoms with Crippen molar-refractivity contribution in [3.8, 4) is 0 Å². The Morgan fingerprint density at radius 2 is 0.493 bits per heavy atom. The number of fused-ring (bicyclic) bond motifs is 5. The normalized spacial score (nSPS) is 27.3. The predicted octanol–water partition coefficient (Wildman–Crippen LogP) is 10.7. The summed E-state index contributed by atoms with van der Waals surface area (Å²) in [5.41, 5.74) is 5.85. The molecule has 1 N–H and O–H groups in total. The van der Waals surface area contributed by atoms with Gasteiger partial charge in [-0.15, -0.1) is 0 Å². The van der Waals surface area contributed by atoms with E-state index in [1.54, 1.807) is 121 Å². The molecule has 2 unspecified atom stereocenters. The van der Waals surface area contributed by atoms with Gasteiger partial charge in [0.05, 0.1) is 72.1 Å². The van der Waals surface area contributed by atoms with Crippen LogP contribution in [0.15, 0.2) is 121 Å². The van der Waals surface area contributed by atoms with Gasteiger partial charge in [-0.05, 0) is 55.6 Å². The minimum absolute atomic E-state index is 0.319. The van der Waals surface area contributed by atoms with Crippen LogP contribution in [0.2, 0.25) is 0 Å². The Kier molecular flexibility index (Phi) is 15.7. The fourth-order valence-electron chi connectivity index (χ4n) is 9.08. The van der Waals surface area contributed by atoms with Crippen molar-refractivity contribution in [3.05, 3.63) is 177 Å². The van der Waals surface area contributed by atoms with E-state index in [1.165, 1.54) is 0 Å². The van der Waals surface area contributed by atoms with Crippen LogP contribution < -0.4 is 5.32 Å². The standard InChI is InChI=1S/C48H50NO21P5/c1-32(50)49-43-44(66-71(51)56-22-33-12-2-3-13-34(33)23-57-71)46(68-73(53)60-26-37-16-6-7-17-38(37)27-61-73)48(70-75(55)64-30-41-20-10-11-21-42(41)31-65-75)47(69-74(54)62-28-39-18-8-9-19-40(39)29-63-74)45(43)67-72(52)58-24-35-14-4-5-15-36(35)25-59-72/h2-21,43-48H,22-31H2,1H3,(H,49,50)/t43?,44-,45+,46-,47-,48?/m0/s1. The van der Waals surface area contributed by atoms with Gasteiger partial charge in [-0.3, -0.25) is 72.7 Å². The minimum atomic E-state index is -5.02. The molecule has 6 atom stereocenters. The number of rotatable bonds is 11. The molecule has 11 rings (SSSR count). The molecule has 5 heterocycles. The predicted molar refractivity (Wildman–Crippen MR) is 260 cm³/mol. The number of hydrogen-bond donors (Lipinski definition) is 1. The van der Waals surface area contributed by atoms with Crippen molar-refractivity contribution in [2.24, 2.45) is 0 Å². The molecule has 5 aromatic carbocycles. The largest absolute Gasteiger partial charge is 0.475 e. The lowest BCUT2D eigenvalue weighted by Gasteiger charge is -2.50. The second-order valence-electron chi connectivity index (χ2n) is 17.9. The number of amides is 1. The lowest BCUT2D eigenvalue weighted by atomic mass is 9.83. The van der Waals surface area contributed by atoms with Gasteiger partial charge in [0.1, 0.15) is 30.5 Å². The van der Waals surface area contributed by atoms with Gasteiger partial charge in [0.25, 0.3) is 0 Å². The Balaban J connectivity index is 1.07. The molecule has 1 fully saturated rings. The average Bonchev–Trinajstić information content (AvgIpc) is 3.91. The van der Waals surface area contributed by atoms with Gasteiger partial charge in [-0.1, -0.05) is 121 Å². The van der Waals surface area contributed by atoms with Crippen LogP contribution in [0.3, 0.4) is 0 Å². The number of carbonyl (C=O) groups is 1. The fourth-order valence-corrected chi connectivity index (χ4v) is 15.7. The molecule has 5 aliphatic heterocycles. The highest BCUT2D eigenvalue weighted by atomic mass is 31.2. The number of benzene rings is 5. The van der Waals surface area contributed by atoms with E-state index >= 15 is 22.8 Å². The Morgan fingerprint density at radius 1 is 0.333 bits per heavy atom. The van der Waals surface area contributed by atoms with Crippen LogP contribution in [0.5, 0.6) is 0 Å².